The molecule has 5 aromatic rings. The molecule has 2 fully saturated rings. The number of halogens is 5. The minimum atomic E-state index is -0.466. The molecule has 1 saturated carbocycles. The summed E-state index contributed by atoms with van der Waals surface area (Å²) < 4.78 is 47.4. The van der Waals surface area contributed by atoms with Gasteiger partial charge >= 0.3 is 18.0 Å². The van der Waals surface area contributed by atoms with E-state index in [-0.39, 0.29) is 33.9 Å². The lowest BCUT2D eigenvalue weighted by molar-refractivity contribution is 0.253. The lowest BCUT2D eigenvalue weighted by Gasteiger charge is -2.36. The largest absolute Gasteiger partial charge is 0.424 e. The van der Waals surface area contributed by atoms with Crippen molar-refractivity contribution < 1.29 is 22.8 Å². The molecule has 7 rings (SSSR count). The van der Waals surface area contributed by atoms with Gasteiger partial charge in [-0.25, -0.2) is 18.1 Å². The minimum Gasteiger partial charge on any atom is -0.424 e. The van der Waals surface area contributed by atoms with Gasteiger partial charge in [-0.2, -0.15) is 20.1 Å². The molecule has 1 aliphatic heterocycles. The van der Waals surface area contributed by atoms with Crippen molar-refractivity contribution in [2.24, 2.45) is 17.8 Å². The Hall–Kier alpha value is -3.82. The molecule has 0 N–H and O–H groups in total. The summed E-state index contributed by atoms with van der Waals surface area (Å²) in [7, 11) is 0. The van der Waals surface area contributed by atoms with Crippen LogP contribution in [0.3, 0.4) is 0 Å². The zero-order chi connectivity index (χ0) is 35.7. The Labute approximate surface area is 306 Å². The Bertz CT molecular complexity index is 1900. The number of benzene rings is 2. The molecule has 1 saturated heterocycles. The van der Waals surface area contributed by atoms with E-state index in [4.69, 9.17) is 42.3 Å². The van der Waals surface area contributed by atoms with Crippen LogP contribution in [0, 0.1) is 36.3 Å². The Morgan fingerprint density at radius 2 is 1.36 bits per heavy atom. The standard InChI is InChI=1S/C22H26ClFN6O2.C11H10BrClFN3O/c1-12(2)30-22(31-18-7-16(23)6-17(24)8-18)26-20(27-30)9-19-14-4-5-15(19)11-29(10-14)21-25-13(3)28-32-21;1-6(2)17-11(15-10(12)16-17)18-9-4-7(13)3-8(14)5-9/h6-8,12,14-15,19H,4-5,9-11H2,1-3H3;3-6H,1-2H3/t14-,15+,19?;. The number of hydrogen-bond acceptors (Lipinski definition) is 10. The van der Waals surface area contributed by atoms with Crippen LogP contribution in [0.15, 0.2) is 45.7 Å². The van der Waals surface area contributed by atoms with E-state index >= 15 is 0 Å². The highest BCUT2D eigenvalue weighted by Crippen LogP contribution is 2.44. The molecular weight excluding hydrogens is 759 g/mol. The molecule has 4 heterocycles. The van der Waals surface area contributed by atoms with E-state index in [1.54, 1.807) is 15.4 Å². The zero-order valence-electron chi connectivity index (χ0n) is 28.0. The van der Waals surface area contributed by atoms with Gasteiger partial charge in [-0.05, 0) is 105 Å². The summed E-state index contributed by atoms with van der Waals surface area (Å²) in [6.45, 7) is 11.5. The maximum absolute atomic E-state index is 13.7. The fourth-order valence-electron chi connectivity index (χ4n) is 6.37. The molecular formula is C33H36BrCl2F2N9O3. The van der Waals surface area contributed by atoms with Gasteiger partial charge in [-0.1, -0.05) is 28.4 Å². The molecule has 0 spiro atoms. The van der Waals surface area contributed by atoms with Crippen molar-refractivity contribution in [1.82, 2.24) is 39.7 Å². The van der Waals surface area contributed by atoms with Gasteiger partial charge in [0.1, 0.15) is 23.1 Å². The van der Waals surface area contributed by atoms with E-state index in [1.165, 1.54) is 43.2 Å². The lowest BCUT2D eigenvalue weighted by Crippen LogP contribution is -2.43. The smallest absolute Gasteiger partial charge is 0.324 e. The summed E-state index contributed by atoms with van der Waals surface area (Å²) in [5.41, 5.74) is 0. The summed E-state index contributed by atoms with van der Waals surface area (Å²) in [6.07, 6.45) is 3.13. The third-order valence-electron chi connectivity index (χ3n) is 8.52. The number of rotatable bonds is 9. The molecule has 2 aromatic carbocycles. The maximum atomic E-state index is 13.7. The maximum Gasteiger partial charge on any atom is 0.324 e. The second-order valence-corrected chi connectivity index (χ2v) is 14.5. The quantitative estimate of drug-likeness (QED) is 0.143. The molecule has 1 aliphatic carbocycles. The monoisotopic (exact) mass is 793 g/mol. The molecule has 2 aliphatic rings. The molecule has 266 valence electrons. The number of ether oxygens (including phenoxy) is 2. The SMILES string of the molecule is CC(C)n1nc(Br)nc1Oc1cc(F)cc(Cl)c1.Cc1noc(N2C[C@H]3CC[C@@H](C2)C3Cc2nc(Oc3cc(F)cc(Cl)c3)n(C(C)C)n2)n1. The second-order valence-electron chi connectivity index (χ2n) is 13.0. The first kappa shape index (κ1) is 36.0. The molecule has 0 amide bonds. The van der Waals surface area contributed by atoms with Gasteiger partial charge < -0.3 is 18.9 Å². The molecule has 3 atom stereocenters. The number of anilines is 1. The molecule has 3 aromatic heterocycles. The van der Waals surface area contributed by atoms with Gasteiger partial charge in [-0.3, -0.25) is 0 Å². The summed E-state index contributed by atoms with van der Waals surface area (Å²) in [6, 6.07) is 9.42. The first-order valence-electron chi connectivity index (χ1n) is 16.2. The van der Waals surface area contributed by atoms with E-state index in [1.807, 2.05) is 34.6 Å². The Kier molecular flexibility index (Phi) is 10.9. The molecule has 17 heteroatoms. The van der Waals surface area contributed by atoms with Crippen molar-refractivity contribution in [2.45, 2.75) is 66.0 Å². The summed E-state index contributed by atoms with van der Waals surface area (Å²) >= 11 is 14.9. The van der Waals surface area contributed by atoms with Gasteiger partial charge in [0.05, 0.1) is 12.1 Å². The predicted molar refractivity (Wildman–Crippen MR) is 186 cm³/mol. The fraction of sp³-hybridized carbons (Fsp3) is 0.455. The number of nitrogens with zero attached hydrogens (tertiary/aromatic N) is 9. The van der Waals surface area contributed by atoms with Gasteiger partial charge in [0.25, 0.3) is 0 Å². The molecule has 2 bridgehead atoms. The summed E-state index contributed by atoms with van der Waals surface area (Å²) in [5, 5.41) is 13.3. The number of fused-ring (bicyclic) bond motifs is 2. The second kappa shape index (κ2) is 15.2. The van der Waals surface area contributed by atoms with Crippen molar-refractivity contribution in [1.29, 1.82) is 0 Å². The number of piperidine rings is 1. The average Bonchev–Trinajstić information content (AvgIpc) is 3.78. The highest BCUT2D eigenvalue weighted by molar-refractivity contribution is 9.10. The molecule has 1 unspecified atom stereocenters. The Balaban J connectivity index is 0.000000204. The average molecular weight is 796 g/mol. The predicted octanol–water partition coefficient (Wildman–Crippen LogP) is 9.05. The van der Waals surface area contributed by atoms with E-state index < -0.39 is 11.6 Å². The first-order valence-corrected chi connectivity index (χ1v) is 17.8. The molecule has 0 radical (unpaired) electrons. The number of aryl methyl sites for hydroxylation is 1. The van der Waals surface area contributed by atoms with E-state index in [2.05, 4.69) is 46.0 Å². The van der Waals surface area contributed by atoms with Crippen LogP contribution in [0.5, 0.6) is 23.5 Å². The lowest BCUT2D eigenvalue weighted by atomic mass is 9.82. The van der Waals surface area contributed by atoms with Crippen molar-refractivity contribution in [3.05, 3.63) is 74.5 Å². The van der Waals surface area contributed by atoms with Crippen LogP contribution in [0.2, 0.25) is 10.0 Å². The van der Waals surface area contributed by atoms with Gasteiger partial charge in [0.15, 0.2) is 11.6 Å². The topological polar surface area (TPSA) is 122 Å². The van der Waals surface area contributed by atoms with E-state index in [0.29, 0.717) is 46.1 Å². The van der Waals surface area contributed by atoms with Gasteiger partial charge in [-0.15, -0.1) is 5.10 Å². The van der Waals surface area contributed by atoms with Crippen molar-refractivity contribution in [3.8, 4) is 23.5 Å². The summed E-state index contributed by atoms with van der Waals surface area (Å²) in [5.74, 6) is 2.62. The molecule has 50 heavy (non-hydrogen) atoms. The highest BCUT2D eigenvalue weighted by Gasteiger charge is 2.43. The van der Waals surface area contributed by atoms with Crippen LogP contribution in [0.4, 0.5) is 14.8 Å². The van der Waals surface area contributed by atoms with E-state index in [0.717, 1.165) is 25.3 Å². The van der Waals surface area contributed by atoms with Gasteiger partial charge in [0, 0.05) is 41.7 Å². The van der Waals surface area contributed by atoms with Crippen LogP contribution in [-0.4, -0.2) is 52.8 Å². The number of aromatic nitrogens is 8. The Morgan fingerprint density at radius 1 is 0.820 bits per heavy atom. The normalized spacial score (nSPS) is 18.5. The van der Waals surface area contributed by atoms with Gasteiger partial charge in [0.2, 0.25) is 4.73 Å². The zero-order valence-corrected chi connectivity index (χ0v) is 31.1. The van der Waals surface area contributed by atoms with Crippen molar-refractivity contribution >= 4 is 45.1 Å². The van der Waals surface area contributed by atoms with Crippen molar-refractivity contribution in [2.75, 3.05) is 18.0 Å². The number of hydrogen-bond donors (Lipinski definition) is 0. The minimum absolute atomic E-state index is 0.0506. The third kappa shape index (κ3) is 8.55. The van der Waals surface area contributed by atoms with Crippen LogP contribution < -0.4 is 14.4 Å². The fourth-order valence-corrected chi connectivity index (χ4v) is 7.12. The van der Waals surface area contributed by atoms with Crippen LogP contribution >= 0.6 is 39.1 Å². The Morgan fingerprint density at radius 3 is 1.86 bits per heavy atom. The van der Waals surface area contributed by atoms with E-state index in [9.17, 15) is 8.78 Å². The van der Waals surface area contributed by atoms with Crippen LogP contribution in [0.25, 0.3) is 0 Å². The first-order chi connectivity index (χ1) is 23.8. The highest BCUT2D eigenvalue weighted by atomic mass is 79.9. The summed E-state index contributed by atoms with van der Waals surface area (Å²) in [4.78, 5) is 15.3. The van der Waals surface area contributed by atoms with Crippen molar-refractivity contribution in [3.63, 3.8) is 0 Å². The molecule has 12 nitrogen and oxygen atoms in total. The van der Waals surface area contributed by atoms with Crippen LogP contribution in [0.1, 0.15) is 64.3 Å². The third-order valence-corrected chi connectivity index (χ3v) is 9.29. The van der Waals surface area contributed by atoms with Crippen LogP contribution in [-0.2, 0) is 6.42 Å².